The Kier molecular flexibility index (Phi) is 4.98. The van der Waals surface area contributed by atoms with Crippen molar-refractivity contribution in [1.29, 1.82) is 5.26 Å². The summed E-state index contributed by atoms with van der Waals surface area (Å²) in [5.74, 6) is 0.0987. The van der Waals surface area contributed by atoms with Gasteiger partial charge in [-0.3, -0.25) is 4.79 Å². The van der Waals surface area contributed by atoms with Crippen molar-refractivity contribution < 1.29 is 14.6 Å². The van der Waals surface area contributed by atoms with Crippen molar-refractivity contribution in [2.24, 2.45) is 0 Å². The number of ether oxygens (including phenoxy) is 1. The Morgan fingerprint density at radius 3 is 2.94 bits per heavy atom. The van der Waals surface area contributed by atoms with Crippen LogP contribution in [0.5, 0.6) is 5.75 Å². The van der Waals surface area contributed by atoms with Crippen LogP contribution in [0.3, 0.4) is 0 Å². The molecule has 0 radical (unpaired) electrons. The topological polar surface area (TPSA) is 82.3 Å². The Hall–Kier alpha value is -2.06. The van der Waals surface area contributed by atoms with Gasteiger partial charge in [0.1, 0.15) is 12.3 Å². The SMILES string of the molecule is C[C@H](O)c1ccccc1OCC(=O)NCC#N. The van der Waals surface area contributed by atoms with E-state index < -0.39 is 6.10 Å². The average Bonchev–Trinajstić information content (AvgIpc) is 2.34. The highest BCUT2D eigenvalue weighted by molar-refractivity contribution is 5.77. The Labute approximate surface area is 99.6 Å². The van der Waals surface area contributed by atoms with Gasteiger partial charge in [-0.1, -0.05) is 18.2 Å². The fourth-order valence-electron chi connectivity index (χ4n) is 1.29. The zero-order chi connectivity index (χ0) is 12.7. The second kappa shape index (κ2) is 6.51. The first-order chi connectivity index (χ1) is 8.15. The molecule has 1 aromatic carbocycles. The molecule has 5 nitrogen and oxygen atoms in total. The molecule has 1 amide bonds. The molecule has 90 valence electrons. The molecule has 1 rings (SSSR count). The van der Waals surface area contributed by atoms with Crippen molar-refractivity contribution in [2.75, 3.05) is 13.2 Å². The summed E-state index contributed by atoms with van der Waals surface area (Å²) in [5.41, 5.74) is 0.626. The van der Waals surface area contributed by atoms with Crippen molar-refractivity contribution in [3.63, 3.8) is 0 Å². The molecule has 0 unspecified atom stereocenters. The highest BCUT2D eigenvalue weighted by atomic mass is 16.5. The maximum absolute atomic E-state index is 11.2. The van der Waals surface area contributed by atoms with Crippen LogP contribution < -0.4 is 10.1 Å². The summed E-state index contributed by atoms with van der Waals surface area (Å²) >= 11 is 0. The van der Waals surface area contributed by atoms with Crippen LogP contribution in [0.2, 0.25) is 0 Å². The third-order valence-electron chi connectivity index (χ3n) is 2.09. The maximum Gasteiger partial charge on any atom is 0.258 e. The van der Waals surface area contributed by atoms with Crippen LogP contribution >= 0.6 is 0 Å². The Bertz CT molecular complexity index is 424. The third-order valence-corrected chi connectivity index (χ3v) is 2.09. The Morgan fingerprint density at radius 2 is 2.29 bits per heavy atom. The van der Waals surface area contributed by atoms with Gasteiger partial charge in [0.05, 0.1) is 12.2 Å². The quantitative estimate of drug-likeness (QED) is 0.737. The van der Waals surface area contributed by atoms with E-state index in [1.807, 2.05) is 0 Å². The molecule has 0 bridgehead atoms. The third kappa shape index (κ3) is 4.13. The van der Waals surface area contributed by atoms with Crippen molar-refractivity contribution in [2.45, 2.75) is 13.0 Å². The van der Waals surface area contributed by atoms with Crippen LogP contribution in [-0.2, 0) is 4.79 Å². The number of nitrogens with one attached hydrogen (secondary N) is 1. The molecule has 0 aliphatic heterocycles. The second-order valence-corrected chi connectivity index (χ2v) is 3.44. The molecule has 0 heterocycles. The van der Waals surface area contributed by atoms with Gasteiger partial charge in [0.2, 0.25) is 0 Å². The van der Waals surface area contributed by atoms with Gasteiger partial charge in [0.15, 0.2) is 6.61 Å². The number of carbonyl (C=O) groups is 1. The van der Waals surface area contributed by atoms with Crippen LogP contribution in [0, 0.1) is 11.3 Å². The summed E-state index contributed by atoms with van der Waals surface area (Å²) < 4.78 is 5.28. The van der Waals surface area contributed by atoms with Crippen molar-refractivity contribution in [3.05, 3.63) is 29.8 Å². The summed E-state index contributed by atoms with van der Waals surface area (Å²) in [6.45, 7) is 1.41. The lowest BCUT2D eigenvalue weighted by atomic mass is 10.1. The number of amides is 1. The molecule has 1 atom stereocenters. The number of aliphatic hydroxyl groups excluding tert-OH is 1. The summed E-state index contributed by atoms with van der Waals surface area (Å²) in [5, 5.41) is 20.1. The smallest absolute Gasteiger partial charge is 0.258 e. The Morgan fingerprint density at radius 1 is 1.59 bits per heavy atom. The summed E-state index contributed by atoms with van der Waals surface area (Å²) in [4.78, 5) is 11.2. The zero-order valence-electron chi connectivity index (χ0n) is 9.51. The molecular formula is C12H14N2O3. The van der Waals surface area contributed by atoms with Gasteiger partial charge in [-0.15, -0.1) is 0 Å². The van der Waals surface area contributed by atoms with Crippen LogP contribution in [0.1, 0.15) is 18.6 Å². The largest absolute Gasteiger partial charge is 0.483 e. The maximum atomic E-state index is 11.2. The lowest BCUT2D eigenvalue weighted by Crippen LogP contribution is -2.29. The molecule has 0 spiro atoms. The van der Waals surface area contributed by atoms with Crippen molar-refractivity contribution in [1.82, 2.24) is 5.32 Å². The number of hydrogen-bond acceptors (Lipinski definition) is 4. The van der Waals surface area contributed by atoms with Crippen LogP contribution in [0.25, 0.3) is 0 Å². The van der Waals surface area contributed by atoms with Gasteiger partial charge in [-0.05, 0) is 13.0 Å². The standard InChI is InChI=1S/C12H14N2O3/c1-9(15)10-4-2-3-5-11(10)17-8-12(16)14-7-6-13/h2-5,9,15H,7-8H2,1H3,(H,14,16)/t9-/m0/s1. The molecule has 0 aromatic heterocycles. The Balaban J connectivity index is 2.57. The highest BCUT2D eigenvalue weighted by Gasteiger charge is 2.09. The average molecular weight is 234 g/mol. The molecule has 17 heavy (non-hydrogen) atoms. The zero-order valence-corrected chi connectivity index (χ0v) is 9.51. The van der Waals surface area contributed by atoms with Gasteiger partial charge in [-0.25, -0.2) is 0 Å². The minimum absolute atomic E-state index is 0.0414. The number of rotatable bonds is 5. The highest BCUT2D eigenvalue weighted by Crippen LogP contribution is 2.24. The number of aliphatic hydroxyl groups is 1. The van der Waals surface area contributed by atoms with E-state index in [4.69, 9.17) is 10.00 Å². The van der Waals surface area contributed by atoms with Crippen LogP contribution in [-0.4, -0.2) is 24.2 Å². The summed E-state index contributed by atoms with van der Waals surface area (Å²) in [7, 11) is 0. The predicted molar refractivity (Wildman–Crippen MR) is 61.2 cm³/mol. The fourth-order valence-corrected chi connectivity index (χ4v) is 1.29. The predicted octanol–water partition coefficient (Wildman–Crippen LogP) is 0.758. The van der Waals surface area contributed by atoms with E-state index in [2.05, 4.69) is 5.32 Å². The molecule has 2 N–H and O–H groups in total. The molecular weight excluding hydrogens is 220 g/mol. The molecule has 5 heteroatoms. The van der Waals surface area contributed by atoms with E-state index >= 15 is 0 Å². The van der Waals surface area contributed by atoms with Crippen LogP contribution in [0.4, 0.5) is 0 Å². The van der Waals surface area contributed by atoms with Gasteiger partial charge >= 0.3 is 0 Å². The van der Waals surface area contributed by atoms with Gasteiger partial charge in [0, 0.05) is 5.56 Å². The number of nitrogens with zero attached hydrogens (tertiary/aromatic N) is 1. The summed E-state index contributed by atoms with van der Waals surface area (Å²) in [6.07, 6.45) is -0.659. The molecule has 0 saturated carbocycles. The molecule has 1 aromatic rings. The first kappa shape index (κ1) is 13.0. The monoisotopic (exact) mass is 234 g/mol. The van der Waals surface area contributed by atoms with E-state index in [1.54, 1.807) is 37.3 Å². The van der Waals surface area contributed by atoms with E-state index in [9.17, 15) is 9.90 Å². The summed E-state index contributed by atoms with van der Waals surface area (Å²) in [6, 6.07) is 8.75. The second-order valence-electron chi connectivity index (χ2n) is 3.44. The van der Waals surface area contributed by atoms with Crippen molar-refractivity contribution >= 4 is 5.91 Å². The van der Waals surface area contributed by atoms with E-state index in [-0.39, 0.29) is 19.1 Å². The minimum Gasteiger partial charge on any atom is -0.483 e. The van der Waals surface area contributed by atoms with Crippen LogP contribution in [0.15, 0.2) is 24.3 Å². The molecule has 0 saturated heterocycles. The van der Waals surface area contributed by atoms with E-state index in [0.29, 0.717) is 11.3 Å². The van der Waals surface area contributed by atoms with Crippen molar-refractivity contribution in [3.8, 4) is 11.8 Å². The molecule has 0 fully saturated rings. The minimum atomic E-state index is -0.659. The lowest BCUT2D eigenvalue weighted by Gasteiger charge is -2.12. The van der Waals surface area contributed by atoms with Gasteiger partial charge < -0.3 is 15.2 Å². The number of para-hydroxylation sites is 1. The van der Waals surface area contributed by atoms with E-state index in [1.165, 1.54) is 0 Å². The number of nitriles is 1. The fraction of sp³-hybridized carbons (Fsp3) is 0.333. The normalized spacial score (nSPS) is 11.4. The number of hydrogen-bond donors (Lipinski definition) is 2. The first-order valence-electron chi connectivity index (χ1n) is 5.18. The lowest BCUT2D eigenvalue weighted by molar-refractivity contribution is -0.122. The van der Waals surface area contributed by atoms with E-state index in [0.717, 1.165) is 0 Å². The number of carbonyl (C=O) groups excluding carboxylic acids is 1. The number of benzene rings is 1. The van der Waals surface area contributed by atoms with Gasteiger partial charge in [0.25, 0.3) is 5.91 Å². The van der Waals surface area contributed by atoms with Gasteiger partial charge in [-0.2, -0.15) is 5.26 Å². The first-order valence-corrected chi connectivity index (χ1v) is 5.18. The molecule has 0 aliphatic carbocycles. The molecule has 0 aliphatic rings.